The van der Waals surface area contributed by atoms with Crippen LogP contribution in [0.15, 0.2) is 48.8 Å². The van der Waals surface area contributed by atoms with E-state index in [2.05, 4.69) is 71.2 Å². The first-order valence-corrected chi connectivity index (χ1v) is 12.8. The Labute approximate surface area is 211 Å². The van der Waals surface area contributed by atoms with Crippen LogP contribution in [0.2, 0.25) is 0 Å². The Bertz CT molecular complexity index is 930. The minimum atomic E-state index is -0.234. The summed E-state index contributed by atoms with van der Waals surface area (Å²) < 4.78 is 11.5. The molecule has 0 atom stereocenters. The molecule has 1 aromatic heterocycles. The molecule has 2 fully saturated rings. The van der Waals surface area contributed by atoms with E-state index in [4.69, 9.17) is 15.2 Å². The second-order valence-corrected chi connectivity index (χ2v) is 9.81. The van der Waals surface area contributed by atoms with Crippen molar-refractivity contribution < 1.29 is 9.47 Å². The van der Waals surface area contributed by atoms with Gasteiger partial charge < -0.3 is 25.4 Å². The Hall–Kier alpha value is -2.61. The van der Waals surface area contributed by atoms with E-state index in [-0.39, 0.29) is 11.7 Å². The van der Waals surface area contributed by atoms with Gasteiger partial charge in [-0.25, -0.2) is 0 Å². The second-order valence-electron chi connectivity index (χ2n) is 9.81. The third-order valence-electron chi connectivity index (χ3n) is 6.23. The second kappa shape index (κ2) is 12.9. The van der Waals surface area contributed by atoms with Gasteiger partial charge in [0, 0.05) is 61.8 Å². The van der Waals surface area contributed by atoms with Crippen molar-refractivity contribution in [2.75, 3.05) is 50.8 Å². The summed E-state index contributed by atoms with van der Waals surface area (Å²) in [4.78, 5) is 9.36. The predicted molar refractivity (Wildman–Crippen MR) is 144 cm³/mol. The van der Waals surface area contributed by atoms with Crippen molar-refractivity contribution in [2.45, 2.75) is 47.5 Å². The third-order valence-corrected chi connectivity index (χ3v) is 6.23. The van der Waals surface area contributed by atoms with E-state index < -0.39 is 0 Å². The summed E-state index contributed by atoms with van der Waals surface area (Å²) >= 11 is 0. The number of aromatic nitrogens is 1. The molecule has 192 valence electrons. The topological polar surface area (TPSA) is 75.9 Å². The molecule has 2 saturated heterocycles. The number of aryl methyl sites for hydroxylation is 1. The highest BCUT2D eigenvalue weighted by Gasteiger charge is 2.27. The zero-order valence-electron chi connectivity index (χ0n) is 22.1. The van der Waals surface area contributed by atoms with Gasteiger partial charge in [0.25, 0.3) is 0 Å². The first kappa shape index (κ1) is 27.0. The summed E-state index contributed by atoms with van der Waals surface area (Å²) in [6.07, 6.45) is 3.48. The van der Waals surface area contributed by atoms with Gasteiger partial charge >= 0.3 is 0 Å². The minimum Gasteiger partial charge on any atom is -0.397 e. The van der Waals surface area contributed by atoms with E-state index in [0.717, 1.165) is 49.7 Å². The van der Waals surface area contributed by atoms with Gasteiger partial charge in [0.05, 0.1) is 31.1 Å². The molecular weight excluding hydrogens is 438 g/mol. The van der Waals surface area contributed by atoms with Crippen LogP contribution in [0.3, 0.4) is 0 Å². The molecule has 7 nitrogen and oxygen atoms in total. The molecule has 3 heterocycles. The molecule has 3 N–H and O–H groups in total. The van der Waals surface area contributed by atoms with E-state index in [0.29, 0.717) is 19.8 Å². The number of nitrogens with one attached hydrogen (secondary N) is 1. The first-order valence-electron chi connectivity index (χ1n) is 12.8. The summed E-state index contributed by atoms with van der Waals surface area (Å²) in [7, 11) is 0. The Kier molecular flexibility index (Phi) is 9.95. The number of hydrogen-bond acceptors (Lipinski definition) is 7. The molecule has 2 aliphatic rings. The van der Waals surface area contributed by atoms with Gasteiger partial charge in [0.2, 0.25) is 0 Å². The number of pyridine rings is 1. The molecule has 4 rings (SSSR count). The SMILES string of the molecule is CC.Cc1cc(N2CCN(Cc3ccccn3)CC2)ccc1/C(N)=C/NCC1OCC(C)(C)CO1. The van der Waals surface area contributed by atoms with Crippen molar-refractivity contribution in [1.29, 1.82) is 0 Å². The molecule has 0 saturated carbocycles. The van der Waals surface area contributed by atoms with Crippen molar-refractivity contribution in [3.05, 3.63) is 65.6 Å². The molecule has 7 heteroatoms. The molecule has 0 spiro atoms. The van der Waals surface area contributed by atoms with E-state index in [1.54, 1.807) is 0 Å². The lowest BCUT2D eigenvalue weighted by Gasteiger charge is -2.36. The van der Waals surface area contributed by atoms with Crippen LogP contribution >= 0.6 is 0 Å². The summed E-state index contributed by atoms with van der Waals surface area (Å²) in [5, 5.41) is 3.25. The van der Waals surface area contributed by atoms with Gasteiger partial charge in [-0.3, -0.25) is 9.88 Å². The van der Waals surface area contributed by atoms with Gasteiger partial charge in [0.15, 0.2) is 6.29 Å². The van der Waals surface area contributed by atoms with Crippen LogP contribution in [0.4, 0.5) is 5.69 Å². The average molecular weight is 482 g/mol. The summed E-state index contributed by atoms with van der Waals surface area (Å²) in [5.74, 6) is 0. The van der Waals surface area contributed by atoms with Gasteiger partial charge in [-0.1, -0.05) is 39.8 Å². The van der Waals surface area contributed by atoms with Crippen LogP contribution < -0.4 is 16.0 Å². The standard InChI is InChI=1S/C26H37N5O2.C2H6/c1-20-14-22(31-12-10-30(11-13-31)17-21-6-4-5-9-29-21)7-8-23(20)24(27)15-28-16-25-32-18-26(2,3)19-33-25;1-2/h4-9,14-15,25,28H,10-13,16-19,27H2,1-3H3;1-2H3/b24-15-;. The quantitative estimate of drug-likeness (QED) is 0.619. The fourth-order valence-electron chi connectivity index (χ4n) is 4.24. The lowest BCUT2D eigenvalue weighted by molar-refractivity contribution is -0.217. The monoisotopic (exact) mass is 481 g/mol. The number of ether oxygens (including phenoxy) is 2. The molecule has 1 aromatic carbocycles. The molecular formula is C28H43N5O2. The zero-order valence-corrected chi connectivity index (χ0v) is 22.1. The van der Waals surface area contributed by atoms with Crippen molar-refractivity contribution in [1.82, 2.24) is 15.2 Å². The fourth-order valence-corrected chi connectivity index (χ4v) is 4.24. The van der Waals surface area contributed by atoms with Gasteiger partial charge in [-0.2, -0.15) is 0 Å². The van der Waals surface area contributed by atoms with Crippen LogP contribution in [-0.2, 0) is 16.0 Å². The van der Waals surface area contributed by atoms with Gasteiger partial charge in [0.1, 0.15) is 0 Å². The average Bonchev–Trinajstić information content (AvgIpc) is 2.87. The van der Waals surface area contributed by atoms with E-state index in [1.165, 1.54) is 11.3 Å². The number of rotatable bonds is 7. The van der Waals surface area contributed by atoms with Crippen molar-refractivity contribution in [2.24, 2.45) is 11.1 Å². The molecule has 0 amide bonds. The van der Waals surface area contributed by atoms with Crippen LogP contribution in [0.1, 0.15) is 44.5 Å². The Morgan fingerprint density at radius 3 is 2.46 bits per heavy atom. The van der Waals surface area contributed by atoms with Crippen molar-refractivity contribution >= 4 is 11.4 Å². The van der Waals surface area contributed by atoms with Crippen LogP contribution in [0.5, 0.6) is 0 Å². The summed E-state index contributed by atoms with van der Waals surface area (Å²) in [6.45, 7) is 17.4. The largest absolute Gasteiger partial charge is 0.397 e. The molecule has 35 heavy (non-hydrogen) atoms. The number of benzene rings is 1. The summed E-state index contributed by atoms with van der Waals surface area (Å²) in [5.41, 5.74) is 11.8. The normalized spacial score (nSPS) is 19.1. The number of nitrogens with zero attached hydrogens (tertiary/aromatic N) is 3. The third kappa shape index (κ3) is 7.95. The Morgan fingerprint density at radius 2 is 1.83 bits per heavy atom. The van der Waals surface area contributed by atoms with E-state index >= 15 is 0 Å². The molecule has 0 radical (unpaired) electrons. The maximum atomic E-state index is 6.37. The summed E-state index contributed by atoms with van der Waals surface area (Å²) in [6, 6.07) is 12.6. The fraction of sp³-hybridized carbons (Fsp3) is 0.536. The highest BCUT2D eigenvalue weighted by atomic mass is 16.7. The molecule has 0 aliphatic carbocycles. The number of hydrogen-bond donors (Lipinski definition) is 2. The van der Waals surface area contributed by atoms with Gasteiger partial charge in [-0.15, -0.1) is 0 Å². The molecule has 2 aromatic rings. The Morgan fingerprint density at radius 1 is 1.11 bits per heavy atom. The van der Waals surface area contributed by atoms with Crippen LogP contribution in [-0.4, -0.2) is 62.1 Å². The molecule has 0 bridgehead atoms. The highest BCUT2D eigenvalue weighted by Crippen LogP contribution is 2.24. The van der Waals surface area contributed by atoms with E-state index in [9.17, 15) is 0 Å². The van der Waals surface area contributed by atoms with E-state index in [1.807, 2.05) is 32.3 Å². The minimum absolute atomic E-state index is 0.0793. The van der Waals surface area contributed by atoms with Crippen molar-refractivity contribution in [3.63, 3.8) is 0 Å². The Balaban J connectivity index is 0.00000167. The maximum absolute atomic E-state index is 6.37. The molecule has 0 unspecified atom stereocenters. The number of nitrogens with two attached hydrogens (primary N) is 1. The number of piperazine rings is 1. The first-order chi connectivity index (χ1) is 16.9. The van der Waals surface area contributed by atoms with Crippen LogP contribution in [0, 0.1) is 12.3 Å². The maximum Gasteiger partial charge on any atom is 0.174 e. The number of anilines is 1. The highest BCUT2D eigenvalue weighted by molar-refractivity contribution is 5.68. The lowest BCUT2D eigenvalue weighted by atomic mass is 9.96. The smallest absolute Gasteiger partial charge is 0.174 e. The lowest BCUT2D eigenvalue weighted by Crippen LogP contribution is -2.46. The van der Waals surface area contributed by atoms with Crippen molar-refractivity contribution in [3.8, 4) is 0 Å². The van der Waals surface area contributed by atoms with Gasteiger partial charge in [-0.05, 0) is 36.8 Å². The zero-order chi connectivity index (χ0) is 25.3. The predicted octanol–water partition coefficient (Wildman–Crippen LogP) is 3.98. The molecule has 2 aliphatic heterocycles. The van der Waals surface area contributed by atoms with Crippen LogP contribution in [0.25, 0.3) is 5.70 Å².